The number of hydrogen-bond acceptors (Lipinski definition) is 4. The Morgan fingerprint density at radius 2 is 1.86 bits per heavy atom. The van der Waals surface area contributed by atoms with Crippen molar-refractivity contribution >= 4 is 23.6 Å². The Balaban J connectivity index is 2.06. The van der Waals surface area contributed by atoms with Crippen LogP contribution in [-0.4, -0.2) is 27.2 Å². The van der Waals surface area contributed by atoms with Crippen molar-refractivity contribution in [1.29, 1.82) is 0 Å². The fourth-order valence-electron chi connectivity index (χ4n) is 1.51. The average Bonchev–Trinajstić information content (AvgIpc) is 2.47. The first-order chi connectivity index (χ1) is 10.0. The Hall–Kier alpha value is -3.22. The van der Waals surface area contributed by atoms with Crippen LogP contribution in [-0.2, 0) is 4.79 Å². The number of carboxylic acid groups (broad SMARTS) is 1. The summed E-state index contributed by atoms with van der Waals surface area (Å²) in [5.41, 5.74) is 0.920. The molecule has 1 aromatic carbocycles. The van der Waals surface area contributed by atoms with E-state index in [9.17, 15) is 14.4 Å². The van der Waals surface area contributed by atoms with Crippen molar-refractivity contribution < 1.29 is 14.7 Å². The van der Waals surface area contributed by atoms with Gasteiger partial charge in [-0.3, -0.25) is 9.59 Å². The average molecular weight is 285 g/mol. The number of carboxylic acids is 1. The van der Waals surface area contributed by atoms with Gasteiger partial charge in [0.1, 0.15) is 5.69 Å². The highest BCUT2D eigenvalue weighted by Gasteiger charge is 2.07. The highest BCUT2D eigenvalue weighted by molar-refractivity contribution is 6.02. The van der Waals surface area contributed by atoms with Gasteiger partial charge in [-0.25, -0.2) is 9.89 Å². The Morgan fingerprint density at radius 3 is 2.43 bits per heavy atom. The second-order valence-corrected chi connectivity index (χ2v) is 4.05. The number of aromatic amines is 1. The Morgan fingerprint density at radius 1 is 1.14 bits per heavy atom. The SMILES string of the molecule is O=C(O)/C=C/c1ccc(NC(=O)c2ccc(=O)[nH]n2)cc1. The van der Waals surface area contributed by atoms with Crippen LogP contribution in [0.5, 0.6) is 0 Å². The minimum absolute atomic E-state index is 0.0875. The molecule has 2 aromatic rings. The second kappa shape index (κ2) is 6.29. The molecule has 7 nitrogen and oxygen atoms in total. The molecular formula is C14H11N3O4. The number of carbonyl (C=O) groups is 2. The zero-order chi connectivity index (χ0) is 15.2. The van der Waals surface area contributed by atoms with Crippen LogP contribution < -0.4 is 10.9 Å². The van der Waals surface area contributed by atoms with Gasteiger partial charge in [-0.05, 0) is 29.8 Å². The Kier molecular flexibility index (Phi) is 4.25. The molecule has 7 heteroatoms. The molecule has 0 aliphatic carbocycles. The summed E-state index contributed by atoms with van der Waals surface area (Å²) >= 11 is 0. The van der Waals surface area contributed by atoms with E-state index in [4.69, 9.17) is 5.11 Å². The van der Waals surface area contributed by atoms with Crippen LogP contribution in [0, 0.1) is 0 Å². The van der Waals surface area contributed by atoms with Crippen LogP contribution >= 0.6 is 0 Å². The molecule has 2 rings (SSSR count). The molecule has 106 valence electrons. The third-order valence-electron chi connectivity index (χ3n) is 2.50. The van der Waals surface area contributed by atoms with Crippen molar-refractivity contribution in [2.75, 3.05) is 5.32 Å². The van der Waals surface area contributed by atoms with Crippen LogP contribution in [0.4, 0.5) is 5.69 Å². The zero-order valence-electron chi connectivity index (χ0n) is 10.7. The molecule has 0 radical (unpaired) electrons. The molecule has 3 N–H and O–H groups in total. The molecule has 0 bridgehead atoms. The van der Waals surface area contributed by atoms with Crippen LogP contribution in [0.1, 0.15) is 16.1 Å². The fourth-order valence-corrected chi connectivity index (χ4v) is 1.51. The van der Waals surface area contributed by atoms with E-state index in [1.807, 2.05) is 0 Å². The lowest BCUT2D eigenvalue weighted by atomic mass is 10.2. The van der Waals surface area contributed by atoms with E-state index in [2.05, 4.69) is 15.5 Å². The summed E-state index contributed by atoms with van der Waals surface area (Å²) < 4.78 is 0. The fraction of sp³-hybridized carbons (Fsp3) is 0. The third kappa shape index (κ3) is 4.13. The minimum Gasteiger partial charge on any atom is -0.478 e. The maximum Gasteiger partial charge on any atom is 0.328 e. The summed E-state index contributed by atoms with van der Waals surface area (Å²) in [5, 5.41) is 16.9. The van der Waals surface area contributed by atoms with Gasteiger partial charge < -0.3 is 10.4 Å². The molecule has 1 aromatic heterocycles. The normalized spacial score (nSPS) is 10.5. The van der Waals surface area contributed by atoms with Crippen molar-refractivity contribution in [3.8, 4) is 0 Å². The van der Waals surface area contributed by atoms with Gasteiger partial charge in [0.2, 0.25) is 0 Å². The third-order valence-corrected chi connectivity index (χ3v) is 2.50. The number of rotatable bonds is 4. The molecule has 0 aliphatic heterocycles. The number of anilines is 1. The topological polar surface area (TPSA) is 112 Å². The summed E-state index contributed by atoms with van der Waals surface area (Å²) in [4.78, 5) is 33.1. The quantitative estimate of drug-likeness (QED) is 0.729. The first-order valence-corrected chi connectivity index (χ1v) is 5.93. The van der Waals surface area contributed by atoms with E-state index in [0.717, 1.165) is 6.08 Å². The number of hydrogen-bond donors (Lipinski definition) is 3. The molecule has 0 atom stereocenters. The maximum atomic E-state index is 11.8. The number of H-pyrrole nitrogens is 1. The van der Waals surface area contributed by atoms with Gasteiger partial charge >= 0.3 is 5.97 Å². The van der Waals surface area contributed by atoms with E-state index in [0.29, 0.717) is 11.3 Å². The van der Waals surface area contributed by atoms with Gasteiger partial charge in [0.15, 0.2) is 0 Å². The summed E-state index contributed by atoms with van der Waals surface area (Å²) in [7, 11) is 0. The van der Waals surface area contributed by atoms with Crippen molar-refractivity contribution in [3.63, 3.8) is 0 Å². The van der Waals surface area contributed by atoms with E-state index in [1.54, 1.807) is 24.3 Å². The lowest BCUT2D eigenvalue weighted by molar-refractivity contribution is -0.131. The van der Waals surface area contributed by atoms with Gasteiger partial charge in [0.05, 0.1) is 0 Å². The van der Waals surface area contributed by atoms with Crippen LogP contribution in [0.15, 0.2) is 47.3 Å². The van der Waals surface area contributed by atoms with Gasteiger partial charge in [0, 0.05) is 17.8 Å². The molecule has 1 amide bonds. The molecule has 0 spiro atoms. The maximum absolute atomic E-state index is 11.8. The number of carbonyl (C=O) groups excluding carboxylic acids is 1. The number of aliphatic carboxylic acids is 1. The summed E-state index contributed by atoms with van der Waals surface area (Å²) in [6.45, 7) is 0. The summed E-state index contributed by atoms with van der Waals surface area (Å²) in [6, 6.07) is 9.11. The van der Waals surface area contributed by atoms with Gasteiger partial charge in [-0.1, -0.05) is 12.1 Å². The number of nitrogens with zero attached hydrogens (tertiary/aromatic N) is 1. The smallest absolute Gasteiger partial charge is 0.328 e. The molecule has 21 heavy (non-hydrogen) atoms. The van der Waals surface area contributed by atoms with Gasteiger partial charge in [-0.15, -0.1) is 0 Å². The predicted molar refractivity (Wildman–Crippen MR) is 75.9 cm³/mol. The standard InChI is InChI=1S/C14H11N3O4/c18-12-7-6-11(16-17-12)14(21)15-10-4-1-9(2-5-10)3-8-13(19)20/h1-8H,(H,15,21)(H,17,18)(H,19,20)/b8-3+. The predicted octanol–water partition coefficient (Wildman–Crippen LogP) is 1.12. The lowest BCUT2D eigenvalue weighted by Gasteiger charge is -2.04. The molecule has 0 fully saturated rings. The van der Waals surface area contributed by atoms with Gasteiger partial charge in [0.25, 0.3) is 11.5 Å². The number of aromatic nitrogens is 2. The van der Waals surface area contributed by atoms with Crippen molar-refractivity contribution in [3.05, 3.63) is 64.1 Å². The van der Waals surface area contributed by atoms with E-state index in [1.165, 1.54) is 18.2 Å². The number of amides is 1. The van der Waals surface area contributed by atoms with Crippen LogP contribution in [0.3, 0.4) is 0 Å². The summed E-state index contributed by atoms with van der Waals surface area (Å²) in [5.74, 6) is -1.49. The van der Waals surface area contributed by atoms with Crippen molar-refractivity contribution in [2.24, 2.45) is 0 Å². The molecular weight excluding hydrogens is 274 g/mol. The highest BCUT2D eigenvalue weighted by Crippen LogP contribution is 2.11. The van der Waals surface area contributed by atoms with E-state index in [-0.39, 0.29) is 11.3 Å². The van der Waals surface area contributed by atoms with Crippen molar-refractivity contribution in [2.45, 2.75) is 0 Å². The number of nitrogens with one attached hydrogen (secondary N) is 2. The van der Waals surface area contributed by atoms with E-state index < -0.39 is 11.9 Å². The zero-order valence-corrected chi connectivity index (χ0v) is 10.7. The Labute approximate surface area is 118 Å². The first-order valence-electron chi connectivity index (χ1n) is 5.93. The first kappa shape index (κ1) is 14.2. The van der Waals surface area contributed by atoms with Crippen LogP contribution in [0.25, 0.3) is 6.08 Å². The van der Waals surface area contributed by atoms with Crippen LogP contribution in [0.2, 0.25) is 0 Å². The number of benzene rings is 1. The molecule has 0 aliphatic rings. The summed E-state index contributed by atoms with van der Waals surface area (Å²) in [6.07, 6.45) is 2.47. The second-order valence-electron chi connectivity index (χ2n) is 4.05. The lowest BCUT2D eigenvalue weighted by Crippen LogP contribution is -2.17. The Bertz CT molecular complexity index is 727. The van der Waals surface area contributed by atoms with E-state index >= 15 is 0 Å². The molecule has 1 heterocycles. The minimum atomic E-state index is -1.03. The monoisotopic (exact) mass is 285 g/mol. The molecule has 0 saturated carbocycles. The largest absolute Gasteiger partial charge is 0.478 e. The van der Waals surface area contributed by atoms with Gasteiger partial charge in [-0.2, -0.15) is 5.10 Å². The highest BCUT2D eigenvalue weighted by atomic mass is 16.4. The molecule has 0 unspecified atom stereocenters. The van der Waals surface area contributed by atoms with Crippen molar-refractivity contribution in [1.82, 2.24) is 10.2 Å². The molecule has 0 saturated heterocycles.